The molecule has 2 heterocycles. The Hall–Kier alpha value is -1.89. The molecule has 0 bridgehead atoms. The number of carbonyl (C=O) groups excluding carboxylic acids is 2. The number of rotatable bonds is 6. The molecule has 1 aromatic heterocycles. The lowest BCUT2D eigenvalue weighted by atomic mass is 10.0. The van der Waals surface area contributed by atoms with Crippen LogP contribution in [-0.4, -0.2) is 59.0 Å². The second-order valence-electron chi connectivity index (χ2n) is 7.59. The average molecular weight is 362 g/mol. The first-order chi connectivity index (χ1) is 12.5. The largest absolute Gasteiger partial charge is 0.360 e. The molecule has 7 heteroatoms. The monoisotopic (exact) mass is 362 g/mol. The minimum absolute atomic E-state index is 0.0979. The molecule has 0 spiro atoms. The smallest absolute Gasteiger partial charge is 0.242 e. The van der Waals surface area contributed by atoms with Crippen LogP contribution in [0.5, 0.6) is 0 Å². The van der Waals surface area contributed by atoms with Crippen molar-refractivity contribution in [2.45, 2.75) is 58.4 Å². The van der Waals surface area contributed by atoms with E-state index >= 15 is 0 Å². The molecular formula is C19H30N4O3. The lowest BCUT2D eigenvalue weighted by Crippen LogP contribution is -2.54. The standard InChI is InChI=1S/C19H30N4O3/c1-14-13-17(21-26-14)20-19(25)15(2)22-9-11-23(12-10-22)18(24)8-7-16-5-3-4-6-16/h13,15-16H,3-12H2,1-2H3,(H,20,21,25). The Labute approximate surface area is 155 Å². The molecule has 1 saturated heterocycles. The number of aryl methyl sites for hydroxylation is 1. The van der Waals surface area contributed by atoms with Crippen molar-refractivity contribution in [3.63, 3.8) is 0 Å². The first kappa shape index (κ1) is 18.9. The van der Waals surface area contributed by atoms with Crippen molar-refractivity contribution in [1.29, 1.82) is 0 Å². The van der Waals surface area contributed by atoms with Gasteiger partial charge in [-0.3, -0.25) is 14.5 Å². The van der Waals surface area contributed by atoms with Crippen molar-refractivity contribution in [2.24, 2.45) is 5.92 Å². The molecule has 2 aliphatic rings. The number of anilines is 1. The topological polar surface area (TPSA) is 78.7 Å². The zero-order valence-corrected chi connectivity index (χ0v) is 15.9. The third-order valence-electron chi connectivity index (χ3n) is 5.71. The van der Waals surface area contributed by atoms with E-state index in [0.717, 1.165) is 25.4 Å². The zero-order valence-electron chi connectivity index (χ0n) is 15.9. The van der Waals surface area contributed by atoms with Gasteiger partial charge in [0.2, 0.25) is 11.8 Å². The molecule has 2 amide bonds. The van der Waals surface area contributed by atoms with E-state index in [1.165, 1.54) is 25.7 Å². The van der Waals surface area contributed by atoms with Crippen molar-refractivity contribution in [3.05, 3.63) is 11.8 Å². The fourth-order valence-electron chi connectivity index (χ4n) is 3.97. The number of nitrogens with zero attached hydrogens (tertiary/aromatic N) is 3. The number of hydrogen-bond donors (Lipinski definition) is 1. The van der Waals surface area contributed by atoms with E-state index < -0.39 is 0 Å². The summed E-state index contributed by atoms with van der Waals surface area (Å²) < 4.78 is 4.97. The van der Waals surface area contributed by atoms with E-state index in [9.17, 15) is 9.59 Å². The van der Waals surface area contributed by atoms with Gasteiger partial charge < -0.3 is 14.7 Å². The molecule has 26 heavy (non-hydrogen) atoms. The highest BCUT2D eigenvalue weighted by Gasteiger charge is 2.28. The summed E-state index contributed by atoms with van der Waals surface area (Å²) in [7, 11) is 0. The van der Waals surface area contributed by atoms with E-state index in [1.54, 1.807) is 13.0 Å². The van der Waals surface area contributed by atoms with Crippen LogP contribution < -0.4 is 5.32 Å². The van der Waals surface area contributed by atoms with Gasteiger partial charge in [0.25, 0.3) is 0 Å². The molecule has 7 nitrogen and oxygen atoms in total. The molecular weight excluding hydrogens is 332 g/mol. The van der Waals surface area contributed by atoms with Crippen LogP contribution in [-0.2, 0) is 9.59 Å². The van der Waals surface area contributed by atoms with Gasteiger partial charge in [-0.1, -0.05) is 30.8 Å². The van der Waals surface area contributed by atoms with E-state index in [-0.39, 0.29) is 17.9 Å². The Kier molecular flexibility index (Phi) is 6.29. The van der Waals surface area contributed by atoms with Crippen LogP contribution in [0.1, 0.15) is 51.2 Å². The highest BCUT2D eigenvalue weighted by molar-refractivity contribution is 5.93. The summed E-state index contributed by atoms with van der Waals surface area (Å²) >= 11 is 0. The van der Waals surface area contributed by atoms with Crippen molar-refractivity contribution in [2.75, 3.05) is 31.5 Å². The Morgan fingerprint density at radius 1 is 1.27 bits per heavy atom. The molecule has 1 atom stereocenters. The van der Waals surface area contributed by atoms with E-state index in [4.69, 9.17) is 4.52 Å². The predicted molar refractivity (Wildman–Crippen MR) is 98.7 cm³/mol. The van der Waals surface area contributed by atoms with Crippen molar-refractivity contribution in [3.8, 4) is 0 Å². The van der Waals surface area contributed by atoms with Gasteiger partial charge in [0, 0.05) is 38.7 Å². The average Bonchev–Trinajstić information content (AvgIpc) is 3.31. The fourth-order valence-corrected chi connectivity index (χ4v) is 3.97. The van der Waals surface area contributed by atoms with Gasteiger partial charge in [-0.05, 0) is 26.2 Å². The van der Waals surface area contributed by atoms with Crippen LogP contribution in [0.4, 0.5) is 5.82 Å². The number of carbonyl (C=O) groups is 2. The van der Waals surface area contributed by atoms with Gasteiger partial charge >= 0.3 is 0 Å². The molecule has 1 aromatic rings. The van der Waals surface area contributed by atoms with Gasteiger partial charge in [-0.2, -0.15) is 0 Å². The normalized spacial score (nSPS) is 20.3. The maximum atomic E-state index is 12.4. The molecule has 144 valence electrons. The number of amides is 2. The van der Waals surface area contributed by atoms with Crippen LogP contribution in [0.15, 0.2) is 10.6 Å². The summed E-state index contributed by atoms with van der Waals surface area (Å²) in [5.41, 5.74) is 0. The molecule has 1 aliphatic heterocycles. The quantitative estimate of drug-likeness (QED) is 0.841. The summed E-state index contributed by atoms with van der Waals surface area (Å²) in [6, 6.07) is 1.44. The molecule has 1 unspecified atom stereocenters. The highest BCUT2D eigenvalue weighted by Crippen LogP contribution is 2.28. The van der Waals surface area contributed by atoms with Crippen molar-refractivity contribution >= 4 is 17.6 Å². The summed E-state index contributed by atoms with van der Waals surface area (Å²) in [4.78, 5) is 28.9. The SMILES string of the molecule is Cc1cc(NC(=O)C(C)N2CCN(C(=O)CCC3CCCC3)CC2)no1. The van der Waals surface area contributed by atoms with Gasteiger partial charge in [0.15, 0.2) is 5.82 Å². The minimum atomic E-state index is -0.261. The molecule has 3 rings (SSSR count). The third-order valence-corrected chi connectivity index (χ3v) is 5.71. The van der Waals surface area contributed by atoms with E-state index in [0.29, 0.717) is 31.1 Å². The van der Waals surface area contributed by atoms with Crippen LogP contribution in [0.2, 0.25) is 0 Å². The fraction of sp³-hybridized carbons (Fsp3) is 0.737. The molecule has 1 saturated carbocycles. The third kappa shape index (κ3) is 4.84. The molecule has 1 aliphatic carbocycles. The first-order valence-corrected chi connectivity index (χ1v) is 9.79. The van der Waals surface area contributed by atoms with Gasteiger partial charge in [-0.15, -0.1) is 0 Å². The van der Waals surface area contributed by atoms with Crippen LogP contribution in [0.3, 0.4) is 0 Å². The van der Waals surface area contributed by atoms with Crippen LogP contribution >= 0.6 is 0 Å². The maximum Gasteiger partial charge on any atom is 0.242 e. The van der Waals surface area contributed by atoms with E-state index in [1.807, 2.05) is 11.8 Å². The molecule has 0 radical (unpaired) electrons. The zero-order chi connectivity index (χ0) is 18.5. The number of aromatic nitrogens is 1. The van der Waals surface area contributed by atoms with Crippen molar-refractivity contribution in [1.82, 2.24) is 15.0 Å². The lowest BCUT2D eigenvalue weighted by Gasteiger charge is -2.37. The van der Waals surface area contributed by atoms with Crippen LogP contribution in [0.25, 0.3) is 0 Å². The number of nitrogens with one attached hydrogen (secondary N) is 1. The Bertz CT molecular complexity index is 616. The second kappa shape index (κ2) is 8.66. The predicted octanol–water partition coefficient (Wildman–Crippen LogP) is 2.42. The Morgan fingerprint density at radius 3 is 2.58 bits per heavy atom. The number of hydrogen-bond acceptors (Lipinski definition) is 5. The second-order valence-corrected chi connectivity index (χ2v) is 7.59. The highest BCUT2D eigenvalue weighted by atomic mass is 16.5. The molecule has 2 fully saturated rings. The summed E-state index contributed by atoms with van der Waals surface area (Å²) in [6.07, 6.45) is 6.94. The summed E-state index contributed by atoms with van der Waals surface area (Å²) in [5.74, 6) is 2.04. The first-order valence-electron chi connectivity index (χ1n) is 9.79. The Balaban J connectivity index is 1.40. The van der Waals surface area contributed by atoms with Crippen LogP contribution in [0, 0.1) is 12.8 Å². The lowest BCUT2D eigenvalue weighted by molar-refractivity contribution is -0.134. The summed E-state index contributed by atoms with van der Waals surface area (Å²) in [5, 5.41) is 6.57. The Morgan fingerprint density at radius 2 is 1.96 bits per heavy atom. The molecule has 0 aromatic carbocycles. The molecule has 1 N–H and O–H groups in total. The maximum absolute atomic E-state index is 12.4. The van der Waals surface area contributed by atoms with Gasteiger partial charge in [0.05, 0.1) is 6.04 Å². The van der Waals surface area contributed by atoms with Gasteiger partial charge in [-0.25, -0.2) is 0 Å². The summed E-state index contributed by atoms with van der Waals surface area (Å²) in [6.45, 7) is 6.52. The van der Waals surface area contributed by atoms with E-state index in [2.05, 4.69) is 15.4 Å². The minimum Gasteiger partial charge on any atom is -0.360 e. The number of piperazine rings is 1. The van der Waals surface area contributed by atoms with Gasteiger partial charge in [0.1, 0.15) is 5.76 Å². The van der Waals surface area contributed by atoms with Crippen molar-refractivity contribution < 1.29 is 14.1 Å².